The second kappa shape index (κ2) is 9.32. The van der Waals surface area contributed by atoms with E-state index in [1.165, 1.54) is 32.3 Å². The van der Waals surface area contributed by atoms with Gasteiger partial charge in [0.05, 0.1) is 22.2 Å². The van der Waals surface area contributed by atoms with Crippen molar-refractivity contribution >= 4 is 33.2 Å². The molecule has 0 aliphatic rings. The largest absolute Gasteiger partial charge is 0.324 e. The van der Waals surface area contributed by atoms with Crippen LogP contribution < -0.4 is 5.32 Å². The summed E-state index contributed by atoms with van der Waals surface area (Å²) >= 11 is 6.13. The van der Waals surface area contributed by atoms with Gasteiger partial charge in [0, 0.05) is 20.6 Å². The molecular formula is C19H24ClN3O3S. The number of hydrogen-bond acceptors (Lipinski definition) is 4. The van der Waals surface area contributed by atoms with Crippen molar-refractivity contribution in [1.29, 1.82) is 0 Å². The smallest absolute Gasteiger partial charge is 0.242 e. The number of carbonyl (C=O) groups is 1. The Labute approximate surface area is 165 Å². The third-order valence-electron chi connectivity index (χ3n) is 4.05. The van der Waals surface area contributed by atoms with Crippen LogP contribution in [0.25, 0.3) is 0 Å². The maximum absolute atomic E-state index is 12.4. The molecule has 0 aromatic heterocycles. The molecule has 0 bridgehead atoms. The molecule has 146 valence electrons. The van der Waals surface area contributed by atoms with Crippen LogP contribution in [0, 0.1) is 0 Å². The summed E-state index contributed by atoms with van der Waals surface area (Å²) in [5.41, 5.74) is 1.39. The number of nitrogens with zero attached hydrogens (tertiary/aromatic N) is 2. The van der Waals surface area contributed by atoms with Crippen molar-refractivity contribution in [3.05, 3.63) is 59.1 Å². The van der Waals surface area contributed by atoms with E-state index in [-0.39, 0.29) is 28.1 Å². The number of amides is 1. The highest BCUT2D eigenvalue weighted by atomic mass is 35.5. The molecule has 0 spiro atoms. The van der Waals surface area contributed by atoms with Gasteiger partial charge in [0.1, 0.15) is 0 Å². The summed E-state index contributed by atoms with van der Waals surface area (Å²) in [4.78, 5) is 14.5. The minimum absolute atomic E-state index is 0.0730. The minimum Gasteiger partial charge on any atom is -0.324 e. The highest BCUT2D eigenvalue weighted by molar-refractivity contribution is 7.89. The zero-order chi connectivity index (χ0) is 20.0. The molecule has 1 N–H and O–H groups in total. The lowest BCUT2D eigenvalue weighted by Gasteiger charge is -2.20. The lowest BCUT2D eigenvalue weighted by Crippen LogP contribution is -2.32. The van der Waals surface area contributed by atoms with E-state index >= 15 is 0 Å². The molecule has 2 aromatic carbocycles. The molecule has 8 heteroatoms. The van der Waals surface area contributed by atoms with Crippen molar-refractivity contribution in [1.82, 2.24) is 9.21 Å². The van der Waals surface area contributed by atoms with E-state index in [0.717, 1.165) is 9.87 Å². The van der Waals surface area contributed by atoms with Gasteiger partial charge in [-0.15, -0.1) is 0 Å². The van der Waals surface area contributed by atoms with Crippen molar-refractivity contribution in [2.24, 2.45) is 0 Å². The Bertz CT molecular complexity index is 886. The first kappa shape index (κ1) is 21.4. The Balaban J connectivity index is 2.10. The Morgan fingerprint density at radius 1 is 1.11 bits per heavy atom. The number of rotatable bonds is 8. The highest BCUT2D eigenvalue weighted by Gasteiger charge is 2.19. The molecular weight excluding hydrogens is 386 g/mol. The summed E-state index contributed by atoms with van der Waals surface area (Å²) in [5.74, 6) is -0.255. The van der Waals surface area contributed by atoms with Gasteiger partial charge in [0.15, 0.2) is 0 Å². The van der Waals surface area contributed by atoms with Gasteiger partial charge in [-0.3, -0.25) is 9.69 Å². The normalized spacial score (nSPS) is 11.8. The number of nitrogens with one attached hydrogen (secondary N) is 1. The molecule has 0 unspecified atom stereocenters. The van der Waals surface area contributed by atoms with E-state index in [1.807, 2.05) is 42.2 Å². The number of likely N-dealkylation sites (N-methyl/N-ethyl adjacent to an activating group) is 1. The summed E-state index contributed by atoms with van der Waals surface area (Å²) in [7, 11) is -0.709. The van der Waals surface area contributed by atoms with Gasteiger partial charge in [-0.25, -0.2) is 12.7 Å². The maximum Gasteiger partial charge on any atom is 0.242 e. The third-order valence-corrected chi connectivity index (χ3v) is 6.19. The maximum atomic E-state index is 12.4. The van der Waals surface area contributed by atoms with Gasteiger partial charge >= 0.3 is 0 Å². The van der Waals surface area contributed by atoms with Crippen molar-refractivity contribution in [3.8, 4) is 0 Å². The Hall–Kier alpha value is -1.93. The molecule has 6 nitrogen and oxygen atoms in total. The zero-order valence-corrected chi connectivity index (χ0v) is 17.2. The molecule has 27 heavy (non-hydrogen) atoms. The van der Waals surface area contributed by atoms with Crippen LogP contribution in [0.5, 0.6) is 0 Å². The zero-order valence-electron chi connectivity index (χ0n) is 15.6. The first-order valence-electron chi connectivity index (χ1n) is 8.52. The van der Waals surface area contributed by atoms with Gasteiger partial charge in [-0.05, 0) is 30.3 Å². The standard InChI is InChI=1S/C19H24ClN3O3S/c1-4-23(13-15-8-6-5-7-9-15)14-19(24)21-18-12-16(10-11-17(18)20)27(25,26)22(2)3/h5-12H,4,13-14H2,1-3H3,(H,21,24). The Kier molecular flexibility index (Phi) is 7.38. The predicted molar refractivity (Wildman–Crippen MR) is 108 cm³/mol. The predicted octanol–water partition coefficient (Wildman–Crippen LogP) is 3.05. The van der Waals surface area contributed by atoms with E-state index in [2.05, 4.69) is 5.32 Å². The molecule has 0 aliphatic carbocycles. The molecule has 2 rings (SSSR count). The van der Waals surface area contributed by atoms with Crippen molar-refractivity contribution in [2.45, 2.75) is 18.4 Å². The second-order valence-corrected chi connectivity index (χ2v) is 8.83. The van der Waals surface area contributed by atoms with Gasteiger partial charge in [0.2, 0.25) is 15.9 Å². The lowest BCUT2D eigenvalue weighted by atomic mass is 10.2. The number of hydrogen-bond donors (Lipinski definition) is 1. The number of halogens is 1. The van der Waals surface area contributed by atoms with Crippen LogP contribution in [-0.4, -0.2) is 50.7 Å². The second-order valence-electron chi connectivity index (χ2n) is 6.27. The number of sulfonamides is 1. The monoisotopic (exact) mass is 409 g/mol. The third kappa shape index (κ3) is 5.77. The summed E-state index contributed by atoms with van der Waals surface area (Å²) in [5, 5.41) is 3.00. The van der Waals surface area contributed by atoms with E-state index in [1.54, 1.807) is 0 Å². The number of carbonyl (C=O) groups excluding carboxylic acids is 1. The number of benzene rings is 2. The first-order valence-corrected chi connectivity index (χ1v) is 10.3. The van der Waals surface area contributed by atoms with Crippen molar-refractivity contribution in [3.63, 3.8) is 0 Å². The van der Waals surface area contributed by atoms with Gasteiger partial charge in [-0.1, -0.05) is 48.9 Å². The molecule has 0 fully saturated rings. The molecule has 0 radical (unpaired) electrons. The van der Waals surface area contributed by atoms with Crippen molar-refractivity contribution < 1.29 is 13.2 Å². The van der Waals surface area contributed by atoms with Gasteiger partial charge < -0.3 is 5.32 Å². The molecule has 0 atom stereocenters. The van der Waals surface area contributed by atoms with Crippen LogP contribution in [0.15, 0.2) is 53.4 Å². The molecule has 1 amide bonds. The molecule has 0 saturated carbocycles. The van der Waals surface area contributed by atoms with E-state index in [9.17, 15) is 13.2 Å². The highest BCUT2D eigenvalue weighted by Crippen LogP contribution is 2.26. The fourth-order valence-corrected chi connectivity index (χ4v) is 3.58. The SMILES string of the molecule is CCN(CC(=O)Nc1cc(S(=O)(=O)N(C)C)ccc1Cl)Cc1ccccc1. The summed E-state index contributed by atoms with van der Waals surface area (Å²) in [6, 6.07) is 14.1. The van der Waals surface area contributed by atoms with Crippen LogP contribution in [0.3, 0.4) is 0 Å². The fourth-order valence-electron chi connectivity index (χ4n) is 2.49. The fraction of sp³-hybridized carbons (Fsp3) is 0.316. The van der Waals surface area contributed by atoms with Crippen molar-refractivity contribution in [2.75, 3.05) is 32.5 Å². The quantitative estimate of drug-likeness (QED) is 0.727. The molecule has 0 aliphatic heterocycles. The summed E-state index contributed by atoms with van der Waals surface area (Å²) < 4.78 is 25.7. The van der Waals surface area contributed by atoms with E-state index in [0.29, 0.717) is 13.1 Å². The average molecular weight is 410 g/mol. The molecule has 0 saturated heterocycles. The summed E-state index contributed by atoms with van der Waals surface area (Å²) in [6.45, 7) is 3.50. The van der Waals surface area contributed by atoms with Crippen LogP contribution in [-0.2, 0) is 21.4 Å². The molecule has 2 aromatic rings. The minimum atomic E-state index is -3.61. The Morgan fingerprint density at radius 2 is 1.78 bits per heavy atom. The van der Waals surface area contributed by atoms with Gasteiger partial charge in [-0.2, -0.15) is 0 Å². The van der Waals surface area contributed by atoms with E-state index in [4.69, 9.17) is 11.6 Å². The number of anilines is 1. The summed E-state index contributed by atoms with van der Waals surface area (Å²) in [6.07, 6.45) is 0. The Morgan fingerprint density at radius 3 is 2.37 bits per heavy atom. The van der Waals surface area contributed by atoms with Crippen LogP contribution >= 0.6 is 11.6 Å². The molecule has 0 heterocycles. The van der Waals surface area contributed by atoms with E-state index < -0.39 is 10.0 Å². The van der Waals surface area contributed by atoms with Crippen LogP contribution in [0.1, 0.15) is 12.5 Å². The van der Waals surface area contributed by atoms with Crippen LogP contribution in [0.2, 0.25) is 5.02 Å². The first-order chi connectivity index (χ1) is 12.7. The topological polar surface area (TPSA) is 69.7 Å². The van der Waals surface area contributed by atoms with Gasteiger partial charge in [0.25, 0.3) is 0 Å². The average Bonchev–Trinajstić information content (AvgIpc) is 2.63. The lowest BCUT2D eigenvalue weighted by molar-refractivity contribution is -0.117. The van der Waals surface area contributed by atoms with Crippen LogP contribution in [0.4, 0.5) is 5.69 Å².